The second kappa shape index (κ2) is 9.86. The predicted octanol–water partition coefficient (Wildman–Crippen LogP) is 3.30. The Morgan fingerprint density at radius 3 is 2.31 bits per heavy atom. The molecule has 154 valence electrons. The third-order valence-corrected chi connectivity index (χ3v) is 4.41. The van der Waals surface area contributed by atoms with E-state index < -0.39 is 47.3 Å². The van der Waals surface area contributed by atoms with Crippen LogP contribution < -0.4 is 0 Å². The molecule has 0 aliphatic heterocycles. The van der Waals surface area contributed by atoms with Gasteiger partial charge in [-0.25, -0.2) is 8.78 Å². The molecule has 0 saturated carbocycles. The summed E-state index contributed by atoms with van der Waals surface area (Å²) in [7, 11) is 0. The molecule has 8 heteroatoms. The smallest absolute Gasteiger partial charge is 0.328 e. The highest BCUT2D eigenvalue weighted by Crippen LogP contribution is 2.26. The van der Waals surface area contributed by atoms with Gasteiger partial charge in [0.2, 0.25) is 5.92 Å². The summed E-state index contributed by atoms with van der Waals surface area (Å²) in [4.78, 5) is 41.1. The molecule has 0 saturated heterocycles. The first-order valence-corrected chi connectivity index (χ1v) is 9.05. The maximum atomic E-state index is 13.6. The number of aliphatic carboxylic acids is 1. The van der Waals surface area contributed by atoms with Crippen molar-refractivity contribution in [3.8, 4) is 0 Å². The average molecular weight is 405 g/mol. The van der Waals surface area contributed by atoms with Gasteiger partial charge in [0.25, 0.3) is 0 Å². The molecule has 2 rings (SSSR count). The first-order chi connectivity index (χ1) is 13.7. The molecule has 3 unspecified atom stereocenters. The number of nitrogens with zero attached hydrogens (tertiary/aromatic N) is 1. The Labute approximate surface area is 166 Å². The minimum Gasteiger partial charge on any atom is -0.480 e. The molecule has 6 nitrogen and oxygen atoms in total. The van der Waals surface area contributed by atoms with Gasteiger partial charge in [-0.05, 0) is 49.6 Å². The van der Waals surface area contributed by atoms with E-state index in [1.165, 1.54) is 12.3 Å². The molecule has 0 radical (unpaired) electrons. The summed E-state index contributed by atoms with van der Waals surface area (Å²) in [5.74, 6) is -8.75. The molecule has 1 N–H and O–H groups in total. The highest BCUT2D eigenvalue weighted by molar-refractivity contribution is 6.16. The van der Waals surface area contributed by atoms with Crippen LogP contribution in [0.25, 0.3) is 0 Å². The number of ether oxygens (including phenoxy) is 1. The van der Waals surface area contributed by atoms with Crippen molar-refractivity contribution in [3.63, 3.8) is 0 Å². The van der Waals surface area contributed by atoms with Gasteiger partial charge < -0.3 is 9.84 Å². The standard InChI is InChI=1S/C21H21F2NO5/c1-3-12(2)29-21(28)18(20(26)27)19(25)16(17-6-4-5-7-24-17)10-13-8-14(22)11-15(23)9-13/h4-9,11-12,16,18H,3,10H2,1-2H3,(H,26,27). The number of halogens is 2. The van der Waals surface area contributed by atoms with E-state index in [1.54, 1.807) is 26.0 Å². The number of aromatic nitrogens is 1. The van der Waals surface area contributed by atoms with Crippen molar-refractivity contribution in [2.45, 2.75) is 38.7 Å². The van der Waals surface area contributed by atoms with E-state index in [1.807, 2.05) is 0 Å². The van der Waals surface area contributed by atoms with E-state index in [0.717, 1.165) is 12.1 Å². The number of hydrogen-bond donors (Lipinski definition) is 1. The number of carboxylic acid groups (broad SMARTS) is 1. The normalized spacial score (nSPS) is 13.9. The lowest BCUT2D eigenvalue weighted by Gasteiger charge is -2.20. The lowest BCUT2D eigenvalue weighted by atomic mass is 9.85. The number of pyridine rings is 1. The van der Waals surface area contributed by atoms with Gasteiger partial charge in [0.05, 0.1) is 17.7 Å². The van der Waals surface area contributed by atoms with Crippen LogP contribution in [-0.4, -0.2) is 33.9 Å². The van der Waals surface area contributed by atoms with Gasteiger partial charge in [-0.2, -0.15) is 0 Å². The first kappa shape index (κ1) is 22.1. The van der Waals surface area contributed by atoms with Crippen molar-refractivity contribution in [1.29, 1.82) is 0 Å². The number of hydrogen-bond acceptors (Lipinski definition) is 5. The van der Waals surface area contributed by atoms with Crippen molar-refractivity contribution in [1.82, 2.24) is 4.98 Å². The molecule has 3 atom stereocenters. The highest BCUT2D eigenvalue weighted by atomic mass is 19.1. The molecular weight excluding hydrogens is 384 g/mol. The predicted molar refractivity (Wildman–Crippen MR) is 99.0 cm³/mol. The number of rotatable bonds is 9. The summed E-state index contributed by atoms with van der Waals surface area (Å²) in [6.45, 7) is 3.32. The van der Waals surface area contributed by atoms with Crippen molar-refractivity contribution < 1.29 is 33.0 Å². The monoisotopic (exact) mass is 405 g/mol. The van der Waals surface area contributed by atoms with Crippen LogP contribution >= 0.6 is 0 Å². The zero-order valence-corrected chi connectivity index (χ0v) is 16.0. The van der Waals surface area contributed by atoms with Crippen LogP contribution in [0.15, 0.2) is 42.6 Å². The molecule has 29 heavy (non-hydrogen) atoms. The Bertz CT molecular complexity index is 868. The third-order valence-electron chi connectivity index (χ3n) is 4.41. The molecule has 1 aromatic heterocycles. The number of carboxylic acids is 1. The van der Waals surface area contributed by atoms with Crippen LogP contribution in [-0.2, 0) is 25.5 Å². The minimum absolute atomic E-state index is 0.130. The Morgan fingerprint density at radius 1 is 1.14 bits per heavy atom. The van der Waals surface area contributed by atoms with Gasteiger partial charge in [0.1, 0.15) is 11.6 Å². The van der Waals surface area contributed by atoms with Crippen molar-refractivity contribution in [2.75, 3.05) is 0 Å². The molecule has 1 aromatic carbocycles. The van der Waals surface area contributed by atoms with Gasteiger partial charge in [-0.1, -0.05) is 13.0 Å². The number of carbonyl (C=O) groups excluding carboxylic acids is 2. The van der Waals surface area contributed by atoms with E-state index >= 15 is 0 Å². The van der Waals surface area contributed by atoms with E-state index in [2.05, 4.69) is 4.98 Å². The van der Waals surface area contributed by atoms with Gasteiger partial charge in [0, 0.05) is 12.3 Å². The topological polar surface area (TPSA) is 93.6 Å². The Kier molecular flexibility index (Phi) is 7.52. The lowest BCUT2D eigenvalue weighted by molar-refractivity contribution is -0.164. The summed E-state index contributed by atoms with van der Waals surface area (Å²) in [6, 6.07) is 7.43. The molecule has 0 amide bonds. The van der Waals surface area contributed by atoms with Crippen molar-refractivity contribution in [2.24, 2.45) is 5.92 Å². The third kappa shape index (κ3) is 5.91. The quantitative estimate of drug-likeness (QED) is 0.508. The molecule has 0 aliphatic rings. The highest BCUT2D eigenvalue weighted by Gasteiger charge is 2.41. The van der Waals surface area contributed by atoms with Gasteiger partial charge in [-0.15, -0.1) is 0 Å². The molecule has 0 bridgehead atoms. The molecular formula is C21H21F2NO5. The van der Waals surface area contributed by atoms with Crippen LogP contribution in [0.5, 0.6) is 0 Å². The average Bonchev–Trinajstić information content (AvgIpc) is 2.65. The van der Waals surface area contributed by atoms with Crippen molar-refractivity contribution >= 4 is 17.7 Å². The maximum Gasteiger partial charge on any atom is 0.328 e. The van der Waals surface area contributed by atoms with Crippen LogP contribution in [0.3, 0.4) is 0 Å². The SMILES string of the molecule is CCC(C)OC(=O)C(C(=O)O)C(=O)C(Cc1cc(F)cc(F)c1)c1ccccn1. The molecule has 0 fully saturated rings. The Hall–Kier alpha value is -3.16. The molecule has 2 aromatic rings. The number of benzene rings is 1. The van der Waals surface area contributed by atoms with Gasteiger partial charge >= 0.3 is 11.9 Å². The van der Waals surface area contributed by atoms with Gasteiger partial charge in [-0.3, -0.25) is 19.4 Å². The Morgan fingerprint density at radius 2 is 1.79 bits per heavy atom. The summed E-state index contributed by atoms with van der Waals surface area (Å²) in [6.07, 6.45) is 1.04. The van der Waals surface area contributed by atoms with E-state index in [-0.39, 0.29) is 17.7 Å². The minimum atomic E-state index is -2.07. The maximum absolute atomic E-state index is 13.6. The van der Waals surface area contributed by atoms with Gasteiger partial charge in [0.15, 0.2) is 5.78 Å². The lowest BCUT2D eigenvalue weighted by Crippen LogP contribution is -2.38. The zero-order valence-electron chi connectivity index (χ0n) is 16.0. The summed E-state index contributed by atoms with van der Waals surface area (Å²) < 4.78 is 32.2. The second-order valence-corrected chi connectivity index (χ2v) is 6.62. The van der Waals surface area contributed by atoms with E-state index in [9.17, 15) is 28.3 Å². The first-order valence-electron chi connectivity index (χ1n) is 9.05. The largest absolute Gasteiger partial charge is 0.480 e. The van der Waals surface area contributed by atoms with Crippen LogP contribution in [0.1, 0.15) is 37.4 Å². The molecule has 0 aliphatic carbocycles. The fourth-order valence-electron chi connectivity index (χ4n) is 2.79. The van der Waals surface area contributed by atoms with E-state index in [4.69, 9.17) is 4.74 Å². The summed E-state index contributed by atoms with van der Waals surface area (Å²) in [5.41, 5.74) is 0.315. The van der Waals surface area contributed by atoms with Crippen LogP contribution in [0.4, 0.5) is 8.78 Å². The number of ketones is 1. The molecule has 0 spiro atoms. The second-order valence-electron chi connectivity index (χ2n) is 6.62. The fourth-order valence-corrected chi connectivity index (χ4v) is 2.79. The van der Waals surface area contributed by atoms with Crippen LogP contribution in [0.2, 0.25) is 0 Å². The number of carbonyl (C=O) groups is 3. The zero-order chi connectivity index (χ0) is 21.6. The van der Waals surface area contributed by atoms with Crippen LogP contribution in [0, 0.1) is 17.6 Å². The van der Waals surface area contributed by atoms with E-state index in [0.29, 0.717) is 12.5 Å². The Balaban J connectivity index is 2.41. The summed E-state index contributed by atoms with van der Waals surface area (Å²) in [5, 5.41) is 9.49. The fraction of sp³-hybridized carbons (Fsp3) is 0.333. The van der Waals surface area contributed by atoms with Crippen molar-refractivity contribution in [3.05, 3.63) is 65.5 Å². The number of Topliss-reactive ketones (excluding diaryl/α,β-unsaturated/α-hetero) is 1. The molecule has 1 heterocycles. The summed E-state index contributed by atoms with van der Waals surface area (Å²) >= 11 is 0. The number of esters is 1.